The van der Waals surface area contributed by atoms with Gasteiger partial charge >= 0.3 is 0 Å². The van der Waals surface area contributed by atoms with Crippen LogP contribution in [0.3, 0.4) is 0 Å². The highest BCUT2D eigenvalue weighted by Crippen LogP contribution is 2.14. The van der Waals surface area contributed by atoms with Gasteiger partial charge in [-0.05, 0) is 19.5 Å². The summed E-state index contributed by atoms with van der Waals surface area (Å²) in [6.07, 6.45) is 5.50. The Kier molecular flexibility index (Phi) is 4.53. The lowest BCUT2D eigenvalue weighted by molar-refractivity contribution is 0.257. The van der Waals surface area contributed by atoms with E-state index in [1.165, 1.54) is 31.7 Å². The second kappa shape index (κ2) is 6.35. The molecule has 0 saturated carbocycles. The van der Waals surface area contributed by atoms with Gasteiger partial charge in [0.15, 0.2) is 4.96 Å². The molecule has 1 aliphatic rings. The number of thiazole rings is 1. The molecule has 3 heterocycles. The second-order valence-electron chi connectivity index (χ2n) is 4.99. The van der Waals surface area contributed by atoms with Gasteiger partial charge in [0, 0.05) is 49.3 Å². The van der Waals surface area contributed by atoms with Crippen LogP contribution in [0.25, 0.3) is 4.96 Å². The number of hydrogen-bond donors (Lipinski definition) is 0. The molecule has 0 spiro atoms. The summed E-state index contributed by atoms with van der Waals surface area (Å²) in [5.41, 5.74) is 1.20. The third-order valence-corrected chi connectivity index (χ3v) is 4.74. The Morgan fingerprint density at radius 2 is 2.05 bits per heavy atom. The minimum atomic E-state index is 0.983. The van der Waals surface area contributed by atoms with Crippen molar-refractivity contribution in [2.24, 2.45) is 0 Å². The van der Waals surface area contributed by atoms with Gasteiger partial charge in [-0.1, -0.05) is 15.9 Å². The maximum absolute atomic E-state index is 4.67. The van der Waals surface area contributed by atoms with E-state index in [2.05, 4.69) is 52.9 Å². The van der Waals surface area contributed by atoms with E-state index in [1.807, 2.05) is 0 Å². The Morgan fingerprint density at radius 3 is 2.89 bits per heavy atom. The summed E-state index contributed by atoms with van der Waals surface area (Å²) in [5.74, 6) is 0. The van der Waals surface area contributed by atoms with E-state index in [4.69, 9.17) is 0 Å². The summed E-state index contributed by atoms with van der Waals surface area (Å²) < 4.78 is 2.12. The van der Waals surface area contributed by atoms with E-state index in [1.54, 1.807) is 11.3 Å². The molecule has 0 aliphatic carbocycles. The van der Waals surface area contributed by atoms with Gasteiger partial charge in [-0.2, -0.15) is 0 Å². The summed E-state index contributed by atoms with van der Waals surface area (Å²) in [5, 5.41) is 3.15. The maximum Gasteiger partial charge on any atom is 0.193 e. The smallest absolute Gasteiger partial charge is 0.193 e. The van der Waals surface area contributed by atoms with Crippen LogP contribution in [0, 0.1) is 0 Å². The van der Waals surface area contributed by atoms with E-state index < -0.39 is 0 Å². The first-order valence-electron chi connectivity index (χ1n) is 6.77. The lowest BCUT2D eigenvalue weighted by Gasteiger charge is -2.20. The highest BCUT2D eigenvalue weighted by atomic mass is 79.9. The Labute approximate surface area is 126 Å². The normalized spacial score (nSPS) is 19.0. The molecule has 0 unspecified atom stereocenters. The summed E-state index contributed by atoms with van der Waals surface area (Å²) in [4.78, 5) is 10.8. The largest absolute Gasteiger partial charge is 0.301 e. The Balaban J connectivity index is 1.59. The topological polar surface area (TPSA) is 23.8 Å². The zero-order chi connectivity index (χ0) is 13.1. The van der Waals surface area contributed by atoms with Crippen LogP contribution in [-0.4, -0.2) is 57.2 Å². The molecule has 0 atom stereocenters. The van der Waals surface area contributed by atoms with Crippen LogP contribution in [0.4, 0.5) is 0 Å². The standard InChI is InChI=1S/C13H19BrN4S/c14-2-5-16-3-1-4-17(7-6-16)10-12-11-18-8-9-19-13(18)15-12/h8-9,11H,1-7,10H2. The maximum atomic E-state index is 4.67. The third-order valence-electron chi connectivity index (χ3n) is 3.61. The number of nitrogens with zero attached hydrogens (tertiary/aromatic N) is 4. The molecule has 1 saturated heterocycles. The lowest BCUT2D eigenvalue weighted by Crippen LogP contribution is -2.31. The molecule has 6 heteroatoms. The molecule has 3 rings (SSSR count). The van der Waals surface area contributed by atoms with Crippen LogP contribution >= 0.6 is 27.3 Å². The molecule has 1 fully saturated rings. The summed E-state index contributed by atoms with van der Waals surface area (Å²) in [6.45, 7) is 6.88. The van der Waals surface area contributed by atoms with E-state index in [9.17, 15) is 0 Å². The van der Waals surface area contributed by atoms with Gasteiger partial charge < -0.3 is 4.90 Å². The first-order valence-corrected chi connectivity index (χ1v) is 8.77. The predicted molar refractivity (Wildman–Crippen MR) is 83.2 cm³/mol. The van der Waals surface area contributed by atoms with Gasteiger partial charge in [0.1, 0.15) is 0 Å². The predicted octanol–water partition coefficient (Wildman–Crippen LogP) is 2.30. The van der Waals surface area contributed by atoms with Crippen molar-refractivity contribution in [1.82, 2.24) is 19.2 Å². The minimum Gasteiger partial charge on any atom is -0.301 e. The molecule has 19 heavy (non-hydrogen) atoms. The lowest BCUT2D eigenvalue weighted by atomic mass is 10.3. The summed E-state index contributed by atoms with van der Waals surface area (Å²) >= 11 is 5.23. The van der Waals surface area contributed by atoms with Gasteiger partial charge in [0.2, 0.25) is 0 Å². The van der Waals surface area contributed by atoms with Crippen molar-refractivity contribution >= 4 is 32.2 Å². The van der Waals surface area contributed by atoms with Crippen LogP contribution in [0.15, 0.2) is 17.8 Å². The number of halogens is 1. The molecule has 0 radical (unpaired) electrons. The number of alkyl halides is 1. The van der Waals surface area contributed by atoms with Crippen molar-refractivity contribution in [3.05, 3.63) is 23.5 Å². The van der Waals surface area contributed by atoms with E-state index >= 15 is 0 Å². The average molecular weight is 343 g/mol. The SMILES string of the molecule is BrCCN1CCCN(Cc2cn3ccsc3n2)CC1. The zero-order valence-corrected chi connectivity index (χ0v) is 13.4. The number of imidazole rings is 1. The van der Waals surface area contributed by atoms with E-state index in [0.29, 0.717) is 0 Å². The van der Waals surface area contributed by atoms with Crippen LogP contribution in [0.1, 0.15) is 12.1 Å². The van der Waals surface area contributed by atoms with Gasteiger partial charge in [-0.3, -0.25) is 9.30 Å². The molecule has 0 bridgehead atoms. The molecular weight excluding hydrogens is 324 g/mol. The molecular formula is C13H19BrN4S. The molecule has 2 aromatic rings. The fourth-order valence-corrected chi connectivity index (χ4v) is 3.83. The van der Waals surface area contributed by atoms with Gasteiger partial charge in [-0.25, -0.2) is 4.98 Å². The molecule has 2 aromatic heterocycles. The van der Waals surface area contributed by atoms with Crippen molar-refractivity contribution in [2.75, 3.05) is 38.1 Å². The quantitative estimate of drug-likeness (QED) is 0.796. The van der Waals surface area contributed by atoms with E-state index in [-0.39, 0.29) is 0 Å². The second-order valence-corrected chi connectivity index (χ2v) is 6.65. The van der Waals surface area contributed by atoms with Crippen LogP contribution < -0.4 is 0 Å². The van der Waals surface area contributed by atoms with Crippen LogP contribution in [0.2, 0.25) is 0 Å². The van der Waals surface area contributed by atoms with Crippen molar-refractivity contribution in [3.8, 4) is 0 Å². The monoisotopic (exact) mass is 342 g/mol. The van der Waals surface area contributed by atoms with E-state index in [0.717, 1.165) is 29.9 Å². The van der Waals surface area contributed by atoms with Gasteiger partial charge in [0.25, 0.3) is 0 Å². The minimum absolute atomic E-state index is 0.983. The van der Waals surface area contributed by atoms with Crippen molar-refractivity contribution in [3.63, 3.8) is 0 Å². The van der Waals surface area contributed by atoms with Gasteiger partial charge in [-0.15, -0.1) is 11.3 Å². The Morgan fingerprint density at radius 1 is 1.21 bits per heavy atom. The molecule has 0 amide bonds. The number of fused-ring (bicyclic) bond motifs is 1. The molecule has 1 aliphatic heterocycles. The zero-order valence-electron chi connectivity index (χ0n) is 11.0. The summed E-state index contributed by atoms with van der Waals surface area (Å²) in [6, 6.07) is 0. The molecule has 104 valence electrons. The first kappa shape index (κ1) is 13.5. The number of hydrogen-bond acceptors (Lipinski definition) is 4. The summed E-state index contributed by atoms with van der Waals surface area (Å²) in [7, 11) is 0. The van der Waals surface area contributed by atoms with Crippen LogP contribution in [0.5, 0.6) is 0 Å². The van der Waals surface area contributed by atoms with Gasteiger partial charge in [0.05, 0.1) is 5.69 Å². The first-order chi connectivity index (χ1) is 9.35. The Bertz CT molecular complexity index is 495. The highest BCUT2D eigenvalue weighted by molar-refractivity contribution is 9.09. The van der Waals surface area contributed by atoms with Crippen molar-refractivity contribution in [2.45, 2.75) is 13.0 Å². The Hall–Kier alpha value is -0.430. The third kappa shape index (κ3) is 3.37. The average Bonchev–Trinajstić information content (AvgIpc) is 2.88. The molecule has 0 aromatic carbocycles. The van der Waals surface area contributed by atoms with Crippen LogP contribution in [-0.2, 0) is 6.54 Å². The molecule has 0 N–H and O–H groups in total. The number of rotatable bonds is 4. The van der Waals surface area contributed by atoms with Crippen molar-refractivity contribution in [1.29, 1.82) is 0 Å². The molecule has 4 nitrogen and oxygen atoms in total. The van der Waals surface area contributed by atoms with Crippen molar-refractivity contribution < 1.29 is 0 Å². The number of aromatic nitrogens is 2. The highest BCUT2D eigenvalue weighted by Gasteiger charge is 2.15. The fraction of sp³-hybridized carbons (Fsp3) is 0.615. The fourth-order valence-electron chi connectivity index (χ4n) is 2.61.